The highest BCUT2D eigenvalue weighted by molar-refractivity contribution is 5.68. The minimum atomic E-state index is -0.416. The second-order valence-corrected chi connectivity index (χ2v) is 8.27. The molecule has 4 nitrogen and oxygen atoms in total. The van der Waals surface area contributed by atoms with Crippen molar-refractivity contribution in [2.24, 2.45) is 11.8 Å². The van der Waals surface area contributed by atoms with Crippen LogP contribution in [0.25, 0.3) is 0 Å². The minimum Gasteiger partial charge on any atom is -0.444 e. The van der Waals surface area contributed by atoms with E-state index in [1.165, 1.54) is 18.4 Å². The highest BCUT2D eigenvalue weighted by Gasteiger charge is 2.38. The van der Waals surface area contributed by atoms with E-state index in [4.69, 9.17) is 4.74 Å². The van der Waals surface area contributed by atoms with Gasteiger partial charge in [-0.1, -0.05) is 30.3 Å². The van der Waals surface area contributed by atoms with Crippen molar-refractivity contribution in [2.45, 2.75) is 45.8 Å². The van der Waals surface area contributed by atoms with Gasteiger partial charge in [-0.3, -0.25) is 4.90 Å². The van der Waals surface area contributed by atoms with Gasteiger partial charge < -0.3 is 9.64 Å². The summed E-state index contributed by atoms with van der Waals surface area (Å²) in [6.07, 6.45) is 2.29. The largest absolute Gasteiger partial charge is 0.444 e. The summed E-state index contributed by atoms with van der Waals surface area (Å²) in [5.74, 6) is 1.20. The number of ether oxygens (including phenoxy) is 1. The van der Waals surface area contributed by atoms with E-state index in [-0.39, 0.29) is 6.09 Å². The number of hydrogen-bond donors (Lipinski definition) is 0. The van der Waals surface area contributed by atoms with Crippen molar-refractivity contribution in [3.05, 3.63) is 35.9 Å². The molecule has 1 aromatic carbocycles. The van der Waals surface area contributed by atoms with Crippen LogP contribution in [0.5, 0.6) is 0 Å². The van der Waals surface area contributed by atoms with Gasteiger partial charge in [0.1, 0.15) is 5.60 Å². The molecule has 2 aliphatic heterocycles. The molecule has 1 aromatic rings. The highest BCUT2D eigenvalue weighted by Crippen LogP contribution is 2.32. The number of nitrogens with zero attached hydrogens (tertiary/aromatic N) is 2. The topological polar surface area (TPSA) is 32.8 Å². The van der Waals surface area contributed by atoms with Crippen molar-refractivity contribution < 1.29 is 9.53 Å². The van der Waals surface area contributed by atoms with Crippen LogP contribution in [0.2, 0.25) is 0 Å². The number of rotatable bonds is 2. The van der Waals surface area contributed by atoms with Gasteiger partial charge in [-0.15, -0.1) is 0 Å². The zero-order valence-corrected chi connectivity index (χ0v) is 15.2. The molecule has 2 heterocycles. The number of carbonyl (C=O) groups is 1. The SMILES string of the molecule is CC(C)(C)OC(=O)N1C[C@H]2CN(Cc3ccccc3)CCC[C@H]2C1. The van der Waals surface area contributed by atoms with Gasteiger partial charge in [0, 0.05) is 26.2 Å². The molecule has 132 valence electrons. The third-order valence-electron chi connectivity index (χ3n) is 5.02. The van der Waals surface area contributed by atoms with Crippen LogP contribution >= 0.6 is 0 Å². The predicted molar refractivity (Wildman–Crippen MR) is 95.7 cm³/mol. The summed E-state index contributed by atoms with van der Waals surface area (Å²) in [6, 6.07) is 10.7. The number of fused-ring (bicyclic) bond motifs is 1. The first-order valence-corrected chi connectivity index (χ1v) is 9.15. The Hall–Kier alpha value is -1.55. The first kappa shape index (κ1) is 17.3. The molecule has 1 amide bonds. The summed E-state index contributed by atoms with van der Waals surface area (Å²) in [7, 11) is 0. The van der Waals surface area contributed by atoms with E-state index in [9.17, 15) is 4.79 Å². The Bertz CT molecular complexity index is 553. The maximum atomic E-state index is 12.4. The van der Waals surface area contributed by atoms with Crippen LogP contribution in [0.15, 0.2) is 30.3 Å². The van der Waals surface area contributed by atoms with Crippen LogP contribution in [0.4, 0.5) is 4.79 Å². The second-order valence-electron chi connectivity index (χ2n) is 8.27. The van der Waals surface area contributed by atoms with E-state index < -0.39 is 5.60 Å². The molecule has 2 aliphatic rings. The van der Waals surface area contributed by atoms with Crippen molar-refractivity contribution in [2.75, 3.05) is 26.2 Å². The Morgan fingerprint density at radius 3 is 2.54 bits per heavy atom. The lowest BCUT2D eigenvalue weighted by Crippen LogP contribution is -2.36. The molecule has 3 rings (SSSR count). The maximum absolute atomic E-state index is 12.4. The predicted octanol–water partition coefficient (Wildman–Crippen LogP) is 3.77. The Balaban J connectivity index is 1.59. The molecule has 24 heavy (non-hydrogen) atoms. The summed E-state index contributed by atoms with van der Waals surface area (Å²) < 4.78 is 5.55. The molecular formula is C20H30N2O2. The van der Waals surface area contributed by atoms with Gasteiger partial charge in [0.05, 0.1) is 0 Å². The Labute approximate surface area is 145 Å². The molecule has 0 aliphatic carbocycles. The summed E-state index contributed by atoms with van der Waals surface area (Å²) >= 11 is 0. The fourth-order valence-corrected chi connectivity index (χ4v) is 3.93. The van der Waals surface area contributed by atoms with Crippen LogP contribution in [0.3, 0.4) is 0 Å². The van der Waals surface area contributed by atoms with Crippen molar-refractivity contribution in [3.63, 3.8) is 0 Å². The Kier molecular flexibility index (Phi) is 5.14. The van der Waals surface area contributed by atoms with E-state index in [1.54, 1.807) is 0 Å². The van der Waals surface area contributed by atoms with Crippen LogP contribution in [-0.2, 0) is 11.3 Å². The molecular weight excluding hydrogens is 300 g/mol. The van der Waals surface area contributed by atoms with E-state index in [2.05, 4.69) is 35.2 Å². The molecule has 4 heteroatoms. The van der Waals surface area contributed by atoms with E-state index in [1.807, 2.05) is 25.7 Å². The maximum Gasteiger partial charge on any atom is 0.410 e. The fraction of sp³-hybridized carbons (Fsp3) is 0.650. The molecule has 2 atom stereocenters. The number of carbonyl (C=O) groups excluding carboxylic acids is 1. The number of benzene rings is 1. The van der Waals surface area contributed by atoms with Crippen molar-refractivity contribution in [1.82, 2.24) is 9.80 Å². The van der Waals surface area contributed by atoms with Crippen molar-refractivity contribution >= 4 is 6.09 Å². The Morgan fingerprint density at radius 2 is 1.83 bits per heavy atom. The third-order valence-corrected chi connectivity index (χ3v) is 5.02. The molecule has 2 fully saturated rings. The zero-order valence-electron chi connectivity index (χ0n) is 15.2. The molecule has 0 unspecified atom stereocenters. The lowest BCUT2D eigenvalue weighted by molar-refractivity contribution is 0.0279. The average Bonchev–Trinajstić information content (AvgIpc) is 2.81. The van der Waals surface area contributed by atoms with Gasteiger partial charge in [0.15, 0.2) is 0 Å². The van der Waals surface area contributed by atoms with Gasteiger partial charge >= 0.3 is 6.09 Å². The number of amides is 1. The standard InChI is InChI=1S/C20H30N2O2/c1-20(2,3)24-19(23)22-14-17-10-7-11-21(13-18(17)15-22)12-16-8-5-4-6-9-16/h4-6,8-9,17-18H,7,10-15H2,1-3H3/t17-,18+/m0/s1. The van der Waals surface area contributed by atoms with Crippen LogP contribution in [0, 0.1) is 11.8 Å². The average molecular weight is 330 g/mol. The molecule has 0 saturated carbocycles. The lowest BCUT2D eigenvalue weighted by Gasteiger charge is -2.26. The fourth-order valence-electron chi connectivity index (χ4n) is 3.93. The van der Waals surface area contributed by atoms with Crippen LogP contribution in [-0.4, -0.2) is 47.7 Å². The van der Waals surface area contributed by atoms with Gasteiger partial charge in [0.2, 0.25) is 0 Å². The van der Waals surface area contributed by atoms with E-state index in [0.29, 0.717) is 11.8 Å². The molecule has 0 spiro atoms. The summed E-state index contributed by atoms with van der Waals surface area (Å²) in [5, 5.41) is 0. The van der Waals surface area contributed by atoms with Gasteiger partial charge in [-0.2, -0.15) is 0 Å². The van der Waals surface area contributed by atoms with Gasteiger partial charge in [-0.05, 0) is 57.6 Å². The molecule has 0 radical (unpaired) electrons. The third kappa shape index (κ3) is 4.50. The summed E-state index contributed by atoms with van der Waals surface area (Å²) in [5.41, 5.74) is 0.958. The van der Waals surface area contributed by atoms with Crippen LogP contribution in [0.1, 0.15) is 39.2 Å². The lowest BCUT2D eigenvalue weighted by atomic mass is 9.93. The number of likely N-dealkylation sites (tertiary alicyclic amines) is 2. The molecule has 0 N–H and O–H groups in total. The highest BCUT2D eigenvalue weighted by atomic mass is 16.6. The van der Waals surface area contributed by atoms with Gasteiger partial charge in [0.25, 0.3) is 0 Å². The van der Waals surface area contributed by atoms with Crippen molar-refractivity contribution in [1.29, 1.82) is 0 Å². The molecule has 2 saturated heterocycles. The van der Waals surface area contributed by atoms with Crippen LogP contribution < -0.4 is 0 Å². The monoisotopic (exact) mass is 330 g/mol. The quantitative estimate of drug-likeness (QED) is 0.827. The smallest absolute Gasteiger partial charge is 0.410 e. The number of hydrogen-bond acceptors (Lipinski definition) is 3. The second kappa shape index (κ2) is 7.14. The first-order chi connectivity index (χ1) is 11.4. The van der Waals surface area contributed by atoms with E-state index >= 15 is 0 Å². The first-order valence-electron chi connectivity index (χ1n) is 9.15. The van der Waals surface area contributed by atoms with E-state index in [0.717, 1.165) is 32.7 Å². The minimum absolute atomic E-state index is 0.148. The Morgan fingerprint density at radius 1 is 1.12 bits per heavy atom. The molecule has 0 bridgehead atoms. The summed E-state index contributed by atoms with van der Waals surface area (Å²) in [6.45, 7) is 10.7. The molecule has 0 aromatic heterocycles. The van der Waals surface area contributed by atoms with Crippen molar-refractivity contribution in [3.8, 4) is 0 Å². The van der Waals surface area contributed by atoms with Gasteiger partial charge in [-0.25, -0.2) is 4.79 Å². The zero-order chi connectivity index (χ0) is 17.2. The summed E-state index contributed by atoms with van der Waals surface area (Å²) in [4.78, 5) is 16.8. The normalized spacial score (nSPS) is 25.2.